The van der Waals surface area contributed by atoms with Gasteiger partial charge < -0.3 is 4.74 Å². The lowest BCUT2D eigenvalue weighted by atomic mass is 10.0. The summed E-state index contributed by atoms with van der Waals surface area (Å²) in [5, 5.41) is 0. The highest BCUT2D eigenvalue weighted by Crippen LogP contribution is 2.17. The quantitative estimate of drug-likeness (QED) is 0.451. The molecule has 0 saturated heterocycles. The van der Waals surface area contributed by atoms with E-state index in [1.807, 2.05) is 37.3 Å². The summed E-state index contributed by atoms with van der Waals surface area (Å²) in [4.78, 5) is 23.1. The molecule has 1 aromatic carbocycles. The monoisotopic (exact) mass is 272 g/mol. The van der Waals surface area contributed by atoms with Gasteiger partial charge in [-0.15, -0.1) is 0 Å². The summed E-state index contributed by atoms with van der Waals surface area (Å²) in [5.74, 6) is -0.694. The number of benzene rings is 1. The van der Waals surface area contributed by atoms with Crippen LogP contribution in [-0.4, -0.2) is 11.8 Å². The number of ether oxygens (including phenoxy) is 1. The molecule has 106 valence electrons. The van der Waals surface area contributed by atoms with Gasteiger partial charge >= 0.3 is 5.97 Å². The van der Waals surface area contributed by atoms with E-state index >= 15 is 0 Å². The average molecular weight is 272 g/mol. The van der Waals surface area contributed by atoms with E-state index < -0.39 is 5.97 Å². The minimum atomic E-state index is -0.492. The second kappa shape index (κ2) is 7.43. The van der Waals surface area contributed by atoms with Crippen LogP contribution < -0.4 is 0 Å². The van der Waals surface area contributed by atoms with E-state index in [1.165, 1.54) is 12.5 Å². The molecular formula is C17H20O3. The SMILES string of the molecule is C=C(C)C(=O)/C(OC(C)=O)=C(/C)CCc1ccccc1. The van der Waals surface area contributed by atoms with E-state index in [0.29, 0.717) is 12.0 Å². The van der Waals surface area contributed by atoms with Gasteiger partial charge in [-0.05, 0) is 43.4 Å². The zero-order valence-corrected chi connectivity index (χ0v) is 12.2. The van der Waals surface area contributed by atoms with Gasteiger partial charge in [0.25, 0.3) is 0 Å². The van der Waals surface area contributed by atoms with Crippen molar-refractivity contribution in [2.75, 3.05) is 0 Å². The number of ketones is 1. The van der Waals surface area contributed by atoms with Crippen LogP contribution in [-0.2, 0) is 20.7 Å². The van der Waals surface area contributed by atoms with Crippen LogP contribution in [0, 0.1) is 0 Å². The van der Waals surface area contributed by atoms with Gasteiger partial charge in [-0.25, -0.2) is 0 Å². The zero-order valence-electron chi connectivity index (χ0n) is 12.2. The minimum Gasteiger partial charge on any atom is -0.423 e. The molecule has 3 heteroatoms. The standard InChI is InChI=1S/C17H20O3/c1-12(2)16(19)17(20-14(4)18)13(3)10-11-15-8-6-5-7-9-15/h5-9H,1,10-11H2,2-4H3/b17-13+. The van der Waals surface area contributed by atoms with Gasteiger partial charge in [-0.3, -0.25) is 9.59 Å². The van der Waals surface area contributed by atoms with Crippen LogP contribution in [0.1, 0.15) is 32.8 Å². The molecular weight excluding hydrogens is 252 g/mol. The van der Waals surface area contributed by atoms with Crippen LogP contribution in [0.4, 0.5) is 0 Å². The van der Waals surface area contributed by atoms with Gasteiger partial charge in [0.1, 0.15) is 0 Å². The Morgan fingerprint density at radius 3 is 2.20 bits per heavy atom. The molecule has 0 aliphatic rings. The van der Waals surface area contributed by atoms with Crippen LogP contribution >= 0.6 is 0 Å². The first-order chi connectivity index (χ1) is 9.41. The number of hydrogen-bond acceptors (Lipinski definition) is 3. The highest BCUT2D eigenvalue weighted by atomic mass is 16.5. The van der Waals surface area contributed by atoms with E-state index in [2.05, 4.69) is 6.58 Å². The molecule has 0 N–H and O–H groups in total. The largest absolute Gasteiger partial charge is 0.423 e. The maximum absolute atomic E-state index is 12.0. The average Bonchev–Trinajstić information content (AvgIpc) is 2.42. The van der Waals surface area contributed by atoms with Gasteiger partial charge in [0.15, 0.2) is 5.76 Å². The highest BCUT2D eigenvalue weighted by molar-refractivity contribution is 6.07. The van der Waals surface area contributed by atoms with Crippen LogP contribution in [0.15, 0.2) is 53.8 Å². The molecule has 1 rings (SSSR count). The van der Waals surface area contributed by atoms with Crippen molar-refractivity contribution in [2.24, 2.45) is 0 Å². The van der Waals surface area contributed by atoms with Crippen LogP contribution in [0.5, 0.6) is 0 Å². The molecule has 3 nitrogen and oxygen atoms in total. The van der Waals surface area contributed by atoms with Gasteiger partial charge in [-0.1, -0.05) is 36.9 Å². The number of carbonyl (C=O) groups excluding carboxylic acids is 2. The second-order valence-electron chi connectivity index (χ2n) is 4.80. The summed E-state index contributed by atoms with van der Waals surface area (Å²) in [6.07, 6.45) is 1.45. The Morgan fingerprint density at radius 1 is 1.10 bits per heavy atom. The molecule has 0 heterocycles. The Bertz CT molecular complexity index is 539. The number of carbonyl (C=O) groups is 2. The zero-order chi connectivity index (χ0) is 15.1. The first kappa shape index (κ1) is 15.9. The first-order valence-electron chi connectivity index (χ1n) is 6.54. The molecule has 0 aromatic heterocycles. The van der Waals surface area contributed by atoms with Gasteiger partial charge in [0, 0.05) is 6.92 Å². The molecule has 0 aliphatic carbocycles. The maximum Gasteiger partial charge on any atom is 0.308 e. The molecule has 0 atom stereocenters. The third kappa shape index (κ3) is 4.84. The summed E-state index contributed by atoms with van der Waals surface area (Å²) < 4.78 is 5.05. The third-order valence-corrected chi connectivity index (χ3v) is 2.86. The van der Waals surface area contributed by atoms with Crippen molar-refractivity contribution in [1.29, 1.82) is 0 Å². The number of allylic oxidation sites excluding steroid dienone is 2. The van der Waals surface area contributed by atoms with Gasteiger partial charge in [0.2, 0.25) is 5.78 Å². The maximum atomic E-state index is 12.0. The fraction of sp³-hybridized carbons (Fsp3) is 0.294. The lowest BCUT2D eigenvalue weighted by Crippen LogP contribution is -2.12. The van der Waals surface area contributed by atoms with E-state index in [-0.39, 0.29) is 11.5 Å². The summed E-state index contributed by atoms with van der Waals surface area (Å²) in [5.41, 5.74) is 2.30. The fourth-order valence-corrected chi connectivity index (χ4v) is 1.75. The fourth-order valence-electron chi connectivity index (χ4n) is 1.75. The van der Waals surface area contributed by atoms with Crippen molar-refractivity contribution < 1.29 is 14.3 Å². The molecule has 0 spiro atoms. The molecule has 0 saturated carbocycles. The lowest BCUT2D eigenvalue weighted by molar-refractivity contribution is -0.139. The second-order valence-corrected chi connectivity index (χ2v) is 4.80. The third-order valence-electron chi connectivity index (χ3n) is 2.86. The van der Waals surface area contributed by atoms with E-state index in [1.54, 1.807) is 6.92 Å². The smallest absolute Gasteiger partial charge is 0.308 e. The van der Waals surface area contributed by atoms with Gasteiger partial charge in [-0.2, -0.15) is 0 Å². The number of Topliss-reactive ketones (excluding diaryl/α,β-unsaturated/α-hetero) is 1. The van der Waals surface area contributed by atoms with Crippen molar-refractivity contribution in [3.8, 4) is 0 Å². The van der Waals surface area contributed by atoms with Crippen molar-refractivity contribution in [1.82, 2.24) is 0 Å². The van der Waals surface area contributed by atoms with Crippen LogP contribution in [0.3, 0.4) is 0 Å². The summed E-state index contributed by atoms with van der Waals surface area (Å²) in [7, 11) is 0. The van der Waals surface area contributed by atoms with Crippen LogP contribution in [0.25, 0.3) is 0 Å². The van der Waals surface area contributed by atoms with E-state index in [4.69, 9.17) is 4.74 Å². The Hall–Kier alpha value is -2.16. The Morgan fingerprint density at radius 2 is 1.70 bits per heavy atom. The molecule has 0 amide bonds. The summed E-state index contributed by atoms with van der Waals surface area (Å²) >= 11 is 0. The van der Waals surface area contributed by atoms with Crippen molar-refractivity contribution in [3.05, 3.63) is 59.4 Å². The summed E-state index contributed by atoms with van der Waals surface area (Å²) in [6.45, 7) is 8.31. The molecule has 0 fully saturated rings. The van der Waals surface area contributed by atoms with E-state index in [0.717, 1.165) is 12.0 Å². The number of rotatable bonds is 6. The Kier molecular flexibility index (Phi) is 5.91. The van der Waals surface area contributed by atoms with Crippen molar-refractivity contribution >= 4 is 11.8 Å². The molecule has 1 aromatic rings. The molecule has 0 radical (unpaired) electrons. The highest BCUT2D eigenvalue weighted by Gasteiger charge is 2.17. The Balaban J connectivity index is 2.87. The normalized spacial score (nSPS) is 11.6. The Labute approximate surface area is 120 Å². The molecule has 0 unspecified atom stereocenters. The molecule has 0 bridgehead atoms. The topological polar surface area (TPSA) is 43.4 Å². The predicted molar refractivity (Wildman–Crippen MR) is 79.1 cm³/mol. The molecule has 20 heavy (non-hydrogen) atoms. The predicted octanol–water partition coefficient (Wildman–Crippen LogP) is 3.60. The number of esters is 1. The minimum absolute atomic E-state index is 0.112. The van der Waals surface area contributed by atoms with Crippen molar-refractivity contribution in [2.45, 2.75) is 33.6 Å². The molecule has 0 aliphatic heterocycles. The lowest BCUT2D eigenvalue weighted by Gasteiger charge is -2.11. The number of aryl methyl sites for hydroxylation is 1. The van der Waals surface area contributed by atoms with Crippen LogP contribution in [0.2, 0.25) is 0 Å². The van der Waals surface area contributed by atoms with E-state index in [9.17, 15) is 9.59 Å². The van der Waals surface area contributed by atoms with Gasteiger partial charge in [0.05, 0.1) is 0 Å². The number of hydrogen-bond donors (Lipinski definition) is 0. The van der Waals surface area contributed by atoms with Crippen molar-refractivity contribution in [3.63, 3.8) is 0 Å². The summed E-state index contributed by atoms with van der Waals surface area (Å²) in [6, 6.07) is 9.96. The first-order valence-corrected chi connectivity index (χ1v) is 6.54.